The summed E-state index contributed by atoms with van der Waals surface area (Å²) in [5.74, 6) is -1.12. The van der Waals surface area contributed by atoms with Crippen LogP contribution >= 0.6 is 0 Å². The SMILES string of the molecule is COc1cc(C=CC(=O)N=[N+]=[N-])ccc1F. The van der Waals surface area contributed by atoms with E-state index in [9.17, 15) is 9.18 Å². The van der Waals surface area contributed by atoms with Crippen molar-refractivity contribution in [2.45, 2.75) is 0 Å². The number of halogens is 1. The zero-order valence-electron chi connectivity index (χ0n) is 8.42. The molecule has 1 aromatic rings. The highest BCUT2D eigenvalue weighted by atomic mass is 19.1. The van der Waals surface area contributed by atoms with E-state index >= 15 is 0 Å². The van der Waals surface area contributed by atoms with Gasteiger partial charge in [-0.1, -0.05) is 12.1 Å². The zero-order valence-corrected chi connectivity index (χ0v) is 8.42. The number of hydrogen-bond acceptors (Lipinski definition) is 2. The average Bonchev–Trinajstić information content (AvgIpc) is 2.28. The van der Waals surface area contributed by atoms with Crippen LogP contribution in [0.4, 0.5) is 4.39 Å². The molecule has 0 radical (unpaired) electrons. The van der Waals surface area contributed by atoms with Gasteiger partial charge in [0.15, 0.2) is 11.6 Å². The van der Waals surface area contributed by atoms with E-state index in [0.717, 1.165) is 6.08 Å². The van der Waals surface area contributed by atoms with Crippen LogP contribution in [-0.4, -0.2) is 13.0 Å². The van der Waals surface area contributed by atoms with E-state index in [4.69, 9.17) is 10.3 Å². The van der Waals surface area contributed by atoms with Crippen molar-refractivity contribution in [2.75, 3.05) is 7.11 Å². The van der Waals surface area contributed by atoms with Gasteiger partial charge in [0.2, 0.25) is 5.91 Å². The van der Waals surface area contributed by atoms with Gasteiger partial charge < -0.3 is 4.74 Å². The lowest BCUT2D eigenvalue weighted by atomic mass is 10.2. The molecule has 6 heteroatoms. The highest BCUT2D eigenvalue weighted by Crippen LogP contribution is 2.18. The molecule has 0 aliphatic heterocycles. The summed E-state index contributed by atoms with van der Waals surface area (Å²) in [6, 6.07) is 4.11. The Kier molecular flexibility index (Phi) is 4.06. The van der Waals surface area contributed by atoms with Crippen molar-refractivity contribution in [3.63, 3.8) is 0 Å². The van der Waals surface area contributed by atoms with Crippen LogP contribution in [0.3, 0.4) is 0 Å². The van der Waals surface area contributed by atoms with Crippen LogP contribution in [0.2, 0.25) is 0 Å². The van der Waals surface area contributed by atoms with E-state index < -0.39 is 11.7 Å². The van der Waals surface area contributed by atoms with Crippen molar-refractivity contribution in [2.24, 2.45) is 5.11 Å². The summed E-state index contributed by atoms with van der Waals surface area (Å²) in [7, 11) is 1.34. The van der Waals surface area contributed by atoms with Gasteiger partial charge in [-0.15, -0.1) is 0 Å². The molecule has 1 rings (SSSR count). The fourth-order valence-electron chi connectivity index (χ4n) is 1.02. The Hall–Kier alpha value is -2.33. The summed E-state index contributed by atoms with van der Waals surface area (Å²) >= 11 is 0. The molecule has 0 heterocycles. The molecule has 16 heavy (non-hydrogen) atoms. The van der Waals surface area contributed by atoms with Crippen LogP contribution in [0, 0.1) is 5.82 Å². The van der Waals surface area contributed by atoms with Crippen molar-refractivity contribution in [3.8, 4) is 5.75 Å². The van der Waals surface area contributed by atoms with Crippen LogP contribution in [0.15, 0.2) is 29.4 Å². The Labute approximate surface area is 90.8 Å². The first-order valence-electron chi connectivity index (χ1n) is 4.28. The number of benzene rings is 1. The van der Waals surface area contributed by atoms with Gasteiger partial charge in [0, 0.05) is 4.91 Å². The number of nitrogens with zero attached hydrogens (tertiary/aromatic N) is 3. The number of methoxy groups -OCH3 is 1. The first-order valence-corrected chi connectivity index (χ1v) is 4.28. The molecular weight excluding hydrogens is 213 g/mol. The van der Waals surface area contributed by atoms with Crippen LogP contribution in [0.5, 0.6) is 5.75 Å². The van der Waals surface area contributed by atoms with Crippen molar-refractivity contribution >= 4 is 12.0 Å². The molecule has 0 fully saturated rings. The van der Waals surface area contributed by atoms with Gasteiger partial charge in [-0.25, -0.2) is 4.39 Å². The molecule has 5 nitrogen and oxygen atoms in total. The van der Waals surface area contributed by atoms with Crippen molar-refractivity contribution in [1.29, 1.82) is 0 Å². The molecular formula is C10H8FN3O2. The minimum Gasteiger partial charge on any atom is -0.494 e. The average molecular weight is 221 g/mol. The number of ether oxygens (including phenoxy) is 1. The summed E-state index contributed by atoms with van der Waals surface area (Å²) in [6.07, 6.45) is 2.49. The molecule has 0 bridgehead atoms. The van der Waals surface area contributed by atoms with Gasteiger partial charge >= 0.3 is 0 Å². The van der Waals surface area contributed by atoms with Gasteiger partial charge in [-0.05, 0) is 34.4 Å². The smallest absolute Gasteiger partial charge is 0.242 e. The fraction of sp³-hybridized carbons (Fsp3) is 0.100. The van der Waals surface area contributed by atoms with Crippen LogP contribution in [0.1, 0.15) is 5.56 Å². The Morgan fingerprint density at radius 2 is 2.38 bits per heavy atom. The monoisotopic (exact) mass is 221 g/mol. The van der Waals surface area contributed by atoms with Gasteiger partial charge in [-0.2, -0.15) is 0 Å². The maximum absolute atomic E-state index is 13.0. The number of amides is 1. The van der Waals surface area contributed by atoms with E-state index in [1.807, 2.05) is 0 Å². The van der Waals surface area contributed by atoms with E-state index in [-0.39, 0.29) is 5.75 Å². The lowest BCUT2D eigenvalue weighted by Crippen LogP contribution is -1.88. The second kappa shape index (κ2) is 5.53. The highest BCUT2D eigenvalue weighted by molar-refractivity contribution is 5.92. The summed E-state index contributed by atoms with van der Waals surface area (Å²) in [5.41, 5.74) is 8.56. The summed E-state index contributed by atoms with van der Waals surface area (Å²) in [4.78, 5) is 13.2. The quantitative estimate of drug-likeness (QED) is 0.340. The number of carbonyl (C=O) groups is 1. The van der Waals surface area contributed by atoms with Crippen LogP contribution in [-0.2, 0) is 4.79 Å². The topological polar surface area (TPSA) is 75.1 Å². The second-order valence-electron chi connectivity index (χ2n) is 2.75. The van der Waals surface area contributed by atoms with Crippen molar-refractivity contribution in [1.82, 2.24) is 0 Å². The van der Waals surface area contributed by atoms with E-state index in [1.54, 1.807) is 0 Å². The zero-order chi connectivity index (χ0) is 12.0. The van der Waals surface area contributed by atoms with Crippen LogP contribution in [0.25, 0.3) is 16.5 Å². The Bertz CT molecular complexity index is 479. The number of hydrogen-bond donors (Lipinski definition) is 0. The molecule has 0 aliphatic carbocycles. The van der Waals surface area contributed by atoms with Gasteiger partial charge in [0.25, 0.3) is 0 Å². The highest BCUT2D eigenvalue weighted by Gasteiger charge is 2.01. The molecule has 0 saturated heterocycles. The standard InChI is InChI=1S/C10H8FN3O2/c1-16-9-6-7(2-4-8(9)11)3-5-10(15)13-14-12/h2-6H,1H3. The molecule has 0 saturated carbocycles. The summed E-state index contributed by atoms with van der Waals surface area (Å²) in [5, 5.41) is 2.85. The van der Waals surface area contributed by atoms with Crippen molar-refractivity contribution < 1.29 is 13.9 Å². The van der Waals surface area contributed by atoms with Gasteiger partial charge in [0.1, 0.15) is 0 Å². The maximum Gasteiger partial charge on any atom is 0.242 e. The molecule has 0 aromatic heterocycles. The molecule has 1 aromatic carbocycles. The summed E-state index contributed by atoms with van der Waals surface area (Å²) < 4.78 is 17.8. The van der Waals surface area contributed by atoms with Crippen molar-refractivity contribution in [3.05, 3.63) is 46.1 Å². The molecule has 0 spiro atoms. The molecule has 82 valence electrons. The van der Waals surface area contributed by atoms with E-state index in [1.165, 1.54) is 31.4 Å². The Morgan fingerprint density at radius 3 is 3.00 bits per heavy atom. The van der Waals surface area contributed by atoms with E-state index in [2.05, 4.69) is 10.0 Å². The first-order chi connectivity index (χ1) is 7.67. The lowest BCUT2D eigenvalue weighted by Gasteiger charge is -2.01. The third kappa shape index (κ3) is 3.11. The van der Waals surface area contributed by atoms with Crippen LogP contribution < -0.4 is 4.74 Å². The van der Waals surface area contributed by atoms with Gasteiger partial charge in [0.05, 0.1) is 7.11 Å². The minimum absolute atomic E-state index is 0.0818. The Balaban J connectivity index is 2.90. The Morgan fingerprint density at radius 1 is 1.62 bits per heavy atom. The first kappa shape index (κ1) is 11.7. The number of carbonyl (C=O) groups excluding carboxylic acids is 1. The molecule has 1 amide bonds. The molecule has 0 N–H and O–H groups in total. The number of azide groups is 1. The van der Waals surface area contributed by atoms with E-state index in [0.29, 0.717) is 5.56 Å². The molecule has 0 unspecified atom stereocenters. The lowest BCUT2D eigenvalue weighted by molar-refractivity contribution is -0.113. The predicted octanol–water partition coefficient (Wildman–Crippen LogP) is 2.68. The normalized spacial score (nSPS) is 9.88. The van der Waals surface area contributed by atoms with Gasteiger partial charge in [-0.3, -0.25) is 4.79 Å². The maximum atomic E-state index is 13.0. The predicted molar refractivity (Wildman–Crippen MR) is 56.1 cm³/mol. The number of rotatable bonds is 3. The molecule has 0 aliphatic rings. The molecule has 0 atom stereocenters. The summed E-state index contributed by atoms with van der Waals surface area (Å²) in [6.45, 7) is 0. The minimum atomic E-state index is -0.717. The largest absolute Gasteiger partial charge is 0.494 e. The second-order valence-corrected chi connectivity index (χ2v) is 2.75. The third-order valence-corrected chi connectivity index (χ3v) is 1.74. The third-order valence-electron chi connectivity index (χ3n) is 1.74. The fourth-order valence-corrected chi connectivity index (χ4v) is 1.02.